The van der Waals surface area contributed by atoms with Gasteiger partial charge in [0.15, 0.2) is 0 Å². The van der Waals surface area contributed by atoms with Gasteiger partial charge in [-0.25, -0.2) is 0 Å². The molecule has 3 rings (SSSR count). The first-order valence-electron chi connectivity index (χ1n) is 7.57. The minimum atomic E-state index is -3.96. The highest BCUT2D eigenvalue weighted by Crippen LogP contribution is 2.83. The molecule has 0 nitrogen and oxygen atoms in total. The van der Waals surface area contributed by atoms with Gasteiger partial charge in [-0.3, -0.25) is 0 Å². The van der Waals surface area contributed by atoms with Crippen molar-refractivity contribution >= 4 is 0 Å². The maximum Gasteiger partial charge on any atom is 0.389 e. The van der Waals surface area contributed by atoms with Crippen molar-refractivity contribution in [1.29, 1.82) is 0 Å². The van der Waals surface area contributed by atoms with Crippen LogP contribution < -0.4 is 0 Å². The van der Waals surface area contributed by atoms with Gasteiger partial charge in [0.25, 0.3) is 0 Å². The largest absolute Gasteiger partial charge is 0.389 e. The third-order valence-corrected chi connectivity index (χ3v) is 6.21. The van der Waals surface area contributed by atoms with Crippen LogP contribution in [0.5, 0.6) is 0 Å². The van der Waals surface area contributed by atoms with Crippen molar-refractivity contribution < 1.29 is 13.2 Å². The number of alkyl halides is 3. The summed E-state index contributed by atoms with van der Waals surface area (Å²) in [4.78, 5) is 0. The van der Waals surface area contributed by atoms with Crippen molar-refractivity contribution in [2.75, 3.05) is 0 Å². The standard InChI is InChI=1S/C15H23F3/c16-15(17,18)11-10-14-7-4-2-1-3-6-12(14)13(14)8-5-9-13/h12H,1-11H2/t12?,14-/m1/s1. The summed E-state index contributed by atoms with van der Waals surface area (Å²) < 4.78 is 37.7. The smallest absolute Gasteiger partial charge is 0.171 e. The molecule has 104 valence electrons. The molecule has 0 bridgehead atoms. The highest BCUT2D eigenvalue weighted by atomic mass is 19.4. The van der Waals surface area contributed by atoms with Gasteiger partial charge in [-0.15, -0.1) is 0 Å². The Hall–Kier alpha value is -0.210. The quantitative estimate of drug-likeness (QED) is 0.617. The number of hydrogen-bond acceptors (Lipinski definition) is 0. The van der Waals surface area contributed by atoms with Gasteiger partial charge in [0.05, 0.1) is 0 Å². The van der Waals surface area contributed by atoms with Crippen LogP contribution in [0.2, 0.25) is 0 Å². The molecule has 0 saturated heterocycles. The van der Waals surface area contributed by atoms with Gasteiger partial charge < -0.3 is 0 Å². The van der Waals surface area contributed by atoms with Crippen LogP contribution in [0, 0.1) is 16.7 Å². The highest BCUT2D eigenvalue weighted by molar-refractivity contribution is 5.24. The van der Waals surface area contributed by atoms with E-state index < -0.39 is 12.6 Å². The topological polar surface area (TPSA) is 0 Å². The zero-order valence-electron chi connectivity index (χ0n) is 11.0. The Balaban J connectivity index is 1.73. The molecule has 3 heteroatoms. The van der Waals surface area contributed by atoms with Crippen LogP contribution in [0.1, 0.15) is 70.6 Å². The summed E-state index contributed by atoms with van der Waals surface area (Å²) in [5.41, 5.74) is 0.462. The van der Waals surface area contributed by atoms with Crippen molar-refractivity contribution in [2.24, 2.45) is 16.7 Å². The molecular weight excluding hydrogens is 237 g/mol. The molecule has 2 atom stereocenters. The molecule has 0 heterocycles. The summed E-state index contributed by atoms with van der Waals surface area (Å²) in [5.74, 6) is 0.640. The average molecular weight is 260 g/mol. The van der Waals surface area contributed by atoms with Crippen LogP contribution in [0.3, 0.4) is 0 Å². The monoisotopic (exact) mass is 260 g/mol. The van der Waals surface area contributed by atoms with Gasteiger partial charge in [0.1, 0.15) is 0 Å². The third-order valence-electron chi connectivity index (χ3n) is 6.21. The number of rotatable bonds is 2. The fourth-order valence-corrected chi connectivity index (χ4v) is 5.28. The summed E-state index contributed by atoms with van der Waals surface area (Å²) in [5, 5.41) is 0. The minimum Gasteiger partial charge on any atom is -0.171 e. The zero-order valence-corrected chi connectivity index (χ0v) is 11.0. The molecule has 18 heavy (non-hydrogen) atoms. The lowest BCUT2D eigenvalue weighted by Crippen LogP contribution is -2.24. The second-order valence-corrected chi connectivity index (χ2v) is 6.79. The third kappa shape index (κ3) is 1.80. The molecule has 0 N–H and O–H groups in total. The van der Waals surface area contributed by atoms with Gasteiger partial charge in [0, 0.05) is 6.42 Å². The maximum absolute atomic E-state index is 12.6. The van der Waals surface area contributed by atoms with E-state index in [0.717, 1.165) is 12.8 Å². The van der Waals surface area contributed by atoms with Crippen LogP contribution in [-0.2, 0) is 0 Å². The molecule has 0 amide bonds. The molecule has 0 aromatic heterocycles. The Morgan fingerprint density at radius 2 is 1.61 bits per heavy atom. The van der Waals surface area contributed by atoms with E-state index in [2.05, 4.69) is 0 Å². The van der Waals surface area contributed by atoms with Crippen molar-refractivity contribution in [1.82, 2.24) is 0 Å². The second-order valence-electron chi connectivity index (χ2n) is 6.79. The van der Waals surface area contributed by atoms with Crippen LogP contribution in [0.25, 0.3) is 0 Å². The predicted molar refractivity (Wildman–Crippen MR) is 65.2 cm³/mol. The number of halogens is 3. The van der Waals surface area contributed by atoms with Crippen LogP contribution in [0.15, 0.2) is 0 Å². The molecule has 1 unspecified atom stereocenters. The summed E-state index contributed by atoms with van der Waals surface area (Å²) in [6.07, 6.45) is 6.82. The summed E-state index contributed by atoms with van der Waals surface area (Å²) >= 11 is 0. The van der Waals surface area contributed by atoms with E-state index in [0.29, 0.717) is 17.8 Å². The SMILES string of the molecule is FC(F)(F)CC[C@]12CCCCCCC1C21CCC1. The van der Waals surface area contributed by atoms with Crippen LogP contribution in [0.4, 0.5) is 13.2 Å². The van der Waals surface area contributed by atoms with E-state index in [1.54, 1.807) is 0 Å². The van der Waals surface area contributed by atoms with Crippen molar-refractivity contribution in [3.05, 3.63) is 0 Å². The van der Waals surface area contributed by atoms with Crippen molar-refractivity contribution in [3.63, 3.8) is 0 Å². The Bertz CT molecular complexity index is 316. The van der Waals surface area contributed by atoms with Crippen molar-refractivity contribution in [2.45, 2.75) is 76.8 Å². The van der Waals surface area contributed by atoms with Gasteiger partial charge in [-0.1, -0.05) is 32.1 Å². The van der Waals surface area contributed by atoms with Gasteiger partial charge >= 0.3 is 6.18 Å². The summed E-state index contributed by atoms with van der Waals surface area (Å²) in [6.45, 7) is 0. The van der Waals surface area contributed by atoms with Crippen LogP contribution >= 0.6 is 0 Å². The second kappa shape index (κ2) is 4.14. The van der Waals surface area contributed by atoms with E-state index in [1.807, 2.05) is 0 Å². The lowest BCUT2D eigenvalue weighted by Gasteiger charge is -2.33. The lowest BCUT2D eigenvalue weighted by atomic mass is 9.72. The van der Waals surface area contributed by atoms with E-state index in [4.69, 9.17) is 0 Å². The first-order valence-corrected chi connectivity index (χ1v) is 7.57. The van der Waals surface area contributed by atoms with E-state index in [-0.39, 0.29) is 5.41 Å². The number of hydrogen-bond donors (Lipinski definition) is 0. The maximum atomic E-state index is 12.6. The molecule has 3 fully saturated rings. The molecule has 3 aliphatic carbocycles. The predicted octanol–water partition coefficient (Wildman–Crippen LogP) is 5.47. The lowest BCUT2D eigenvalue weighted by molar-refractivity contribution is -0.140. The van der Waals surface area contributed by atoms with E-state index in [9.17, 15) is 13.2 Å². The average Bonchev–Trinajstić information content (AvgIpc) is 2.76. The Labute approximate surface area is 107 Å². The molecular formula is C15H23F3. The summed E-state index contributed by atoms with van der Waals surface area (Å²) in [6, 6.07) is 0. The molecule has 0 aliphatic heterocycles. The van der Waals surface area contributed by atoms with E-state index >= 15 is 0 Å². The first-order chi connectivity index (χ1) is 8.50. The first kappa shape index (κ1) is 12.8. The molecule has 0 aromatic carbocycles. The molecule has 0 aromatic rings. The number of fused-ring (bicyclic) bond motifs is 3. The Kier molecular flexibility index (Phi) is 2.95. The Morgan fingerprint density at radius 1 is 0.889 bits per heavy atom. The normalized spacial score (nSPS) is 38.5. The molecule has 0 radical (unpaired) electrons. The summed E-state index contributed by atoms with van der Waals surface area (Å²) in [7, 11) is 0. The minimum absolute atomic E-state index is 0.0984. The van der Waals surface area contributed by atoms with Crippen molar-refractivity contribution in [3.8, 4) is 0 Å². The van der Waals surface area contributed by atoms with Crippen LogP contribution in [-0.4, -0.2) is 6.18 Å². The Morgan fingerprint density at radius 3 is 2.22 bits per heavy atom. The van der Waals surface area contributed by atoms with Gasteiger partial charge in [0.2, 0.25) is 0 Å². The van der Waals surface area contributed by atoms with E-state index in [1.165, 1.54) is 44.9 Å². The zero-order chi connectivity index (χ0) is 12.9. The molecule has 3 aliphatic rings. The van der Waals surface area contributed by atoms with Gasteiger partial charge in [-0.2, -0.15) is 13.2 Å². The van der Waals surface area contributed by atoms with Gasteiger partial charge in [-0.05, 0) is 48.9 Å². The molecule has 1 spiro atoms. The highest BCUT2D eigenvalue weighted by Gasteiger charge is 2.75. The molecule has 3 saturated carbocycles. The fourth-order valence-electron chi connectivity index (χ4n) is 5.28. The fraction of sp³-hybridized carbons (Fsp3) is 1.00.